The van der Waals surface area contributed by atoms with Gasteiger partial charge in [0.2, 0.25) is 11.8 Å². The predicted molar refractivity (Wildman–Crippen MR) is 132 cm³/mol. The lowest BCUT2D eigenvalue weighted by Gasteiger charge is -2.32. The third-order valence-electron chi connectivity index (χ3n) is 4.83. The molecule has 1 fully saturated rings. The molecule has 9 heteroatoms. The SMILES string of the molecule is O=C(Nc1ccc(F)cc1)C1CC(=O)N(Cc2ccc(Cl)cc2)C(=Nc2cccc(Cl)c2)S1. The first-order valence-corrected chi connectivity index (χ1v) is 11.6. The highest BCUT2D eigenvalue weighted by Gasteiger charge is 2.36. The van der Waals surface area contributed by atoms with Crippen LogP contribution in [0, 0.1) is 5.82 Å². The number of amides is 2. The number of carbonyl (C=O) groups excluding carboxylic acids is 2. The number of benzene rings is 3. The summed E-state index contributed by atoms with van der Waals surface area (Å²) in [6.07, 6.45) is -0.000149. The molecule has 3 aromatic rings. The second-order valence-electron chi connectivity index (χ2n) is 7.29. The van der Waals surface area contributed by atoms with Crippen molar-refractivity contribution in [3.8, 4) is 0 Å². The Balaban J connectivity index is 1.60. The van der Waals surface area contributed by atoms with Crippen LogP contribution in [-0.2, 0) is 16.1 Å². The number of carbonyl (C=O) groups is 2. The lowest BCUT2D eigenvalue weighted by Crippen LogP contribution is -2.44. The summed E-state index contributed by atoms with van der Waals surface area (Å²) >= 11 is 13.3. The van der Waals surface area contributed by atoms with Crippen LogP contribution in [0.25, 0.3) is 0 Å². The van der Waals surface area contributed by atoms with Crippen LogP contribution in [0.5, 0.6) is 0 Å². The standard InChI is InChI=1S/C24H18Cl2FN3O2S/c25-16-6-4-15(5-7-16)14-30-22(31)13-21(23(32)28-19-10-8-18(27)9-11-19)33-24(30)29-20-3-1-2-17(26)12-20/h1-12,21H,13-14H2,(H,28,32). The van der Waals surface area contributed by atoms with Crippen LogP contribution >= 0.6 is 35.0 Å². The molecular weight excluding hydrogens is 484 g/mol. The lowest BCUT2D eigenvalue weighted by atomic mass is 10.2. The van der Waals surface area contributed by atoms with Crippen molar-refractivity contribution in [1.29, 1.82) is 0 Å². The first kappa shape index (κ1) is 23.3. The van der Waals surface area contributed by atoms with Gasteiger partial charge in [-0.2, -0.15) is 0 Å². The Morgan fingerprint density at radius 1 is 1.06 bits per heavy atom. The molecule has 3 aromatic carbocycles. The summed E-state index contributed by atoms with van der Waals surface area (Å²) in [5.41, 5.74) is 1.89. The van der Waals surface area contributed by atoms with Gasteiger partial charge in [0.1, 0.15) is 11.1 Å². The maximum Gasteiger partial charge on any atom is 0.238 e. The van der Waals surface area contributed by atoms with Gasteiger partial charge in [0.05, 0.1) is 12.2 Å². The zero-order chi connectivity index (χ0) is 23.4. The molecule has 1 aliphatic heterocycles. The number of halogens is 3. The molecule has 168 valence electrons. The molecule has 5 nitrogen and oxygen atoms in total. The van der Waals surface area contributed by atoms with E-state index in [0.717, 1.165) is 5.56 Å². The van der Waals surface area contributed by atoms with Crippen molar-refractivity contribution in [2.24, 2.45) is 4.99 Å². The minimum absolute atomic E-state index is 0.000149. The lowest BCUT2D eigenvalue weighted by molar-refractivity contribution is -0.129. The molecule has 0 aliphatic carbocycles. The number of hydrogen-bond acceptors (Lipinski definition) is 4. The number of aliphatic imine (C=N–C) groups is 1. The number of rotatable bonds is 5. The molecule has 1 heterocycles. The zero-order valence-electron chi connectivity index (χ0n) is 17.2. The van der Waals surface area contributed by atoms with Gasteiger partial charge in [0.15, 0.2) is 5.17 Å². The van der Waals surface area contributed by atoms with Crippen LogP contribution in [0.1, 0.15) is 12.0 Å². The van der Waals surface area contributed by atoms with E-state index in [0.29, 0.717) is 26.6 Å². The molecule has 33 heavy (non-hydrogen) atoms. The van der Waals surface area contributed by atoms with Gasteiger partial charge < -0.3 is 5.32 Å². The molecular formula is C24H18Cl2FN3O2S. The Bertz CT molecular complexity index is 1200. The van der Waals surface area contributed by atoms with Crippen molar-refractivity contribution in [2.45, 2.75) is 18.2 Å². The summed E-state index contributed by atoms with van der Waals surface area (Å²) < 4.78 is 13.2. The number of hydrogen-bond donors (Lipinski definition) is 1. The van der Waals surface area contributed by atoms with Gasteiger partial charge in [-0.1, -0.05) is 53.2 Å². The van der Waals surface area contributed by atoms with E-state index in [1.807, 2.05) is 12.1 Å². The van der Waals surface area contributed by atoms with Crippen molar-refractivity contribution >= 4 is 63.3 Å². The van der Waals surface area contributed by atoms with E-state index in [1.54, 1.807) is 41.3 Å². The van der Waals surface area contributed by atoms with Crippen LogP contribution in [0.15, 0.2) is 77.8 Å². The van der Waals surface area contributed by atoms with Crippen molar-refractivity contribution in [3.63, 3.8) is 0 Å². The molecule has 4 rings (SSSR count). The second kappa shape index (κ2) is 10.4. The average molecular weight is 502 g/mol. The van der Waals surface area contributed by atoms with Crippen LogP contribution in [0.2, 0.25) is 10.0 Å². The number of nitrogens with one attached hydrogen (secondary N) is 1. The average Bonchev–Trinajstić information content (AvgIpc) is 2.79. The minimum atomic E-state index is -0.693. The first-order valence-electron chi connectivity index (χ1n) is 9.99. The normalized spacial score (nSPS) is 17.3. The molecule has 1 aliphatic rings. The van der Waals surface area contributed by atoms with E-state index in [-0.39, 0.29) is 24.8 Å². The van der Waals surface area contributed by atoms with E-state index in [2.05, 4.69) is 10.3 Å². The van der Waals surface area contributed by atoms with Crippen LogP contribution in [0.4, 0.5) is 15.8 Å². The fraction of sp³-hybridized carbons (Fsp3) is 0.125. The van der Waals surface area contributed by atoms with E-state index in [9.17, 15) is 14.0 Å². The molecule has 0 radical (unpaired) electrons. The van der Waals surface area contributed by atoms with Crippen molar-refractivity contribution in [3.05, 3.63) is 94.2 Å². The number of amidine groups is 1. The van der Waals surface area contributed by atoms with Crippen molar-refractivity contribution in [2.75, 3.05) is 5.32 Å². The van der Waals surface area contributed by atoms with Crippen LogP contribution in [-0.4, -0.2) is 27.1 Å². The zero-order valence-corrected chi connectivity index (χ0v) is 19.5. The summed E-state index contributed by atoms with van der Waals surface area (Å²) in [4.78, 5) is 32.1. The fourth-order valence-electron chi connectivity index (χ4n) is 3.18. The number of nitrogens with zero attached hydrogens (tertiary/aromatic N) is 2. The van der Waals surface area contributed by atoms with Gasteiger partial charge in [-0.25, -0.2) is 9.38 Å². The van der Waals surface area contributed by atoms with Crippen molar-refractivity contribution < 1.29 is 14.0 Å². The first-order chi connectivity index (χ1) is 15.9. The van der Waals surface area contributed by atoms with Gasteiger partial charge in [0, 0.05) is 22.2 Å². The quantitative estimate of drug-likeness (QED) is 0.446. The molecule has 0 spiro atoms. The van der Waals surface area contributed by atoms with Crippen molar-refractivity contribution in [1.82, 2.24) is 4.90 Å². The van der Waals surface area contributed by atoms with Gasteiger partial charge in [0.25, 0.3) is 0 Å². The monoisotopic (exact) mass is 501 g/mol. The fourth-order valence-corrected chi connectivity index (χ4v) is 4.59. The summed E-state index contributed by atoms with van der Waals surface area (Å²) in [6.45, 7) is 0.286. The van der Waals surface area contributed by atoms with Gasteiger partial charge in [-0.3, -0.25) is 14.5 Å². The maximum absolute atomic E-state index is 13.2. The molecule has 1 atom stereocenters. The molecule has 1 unspecified atom stereocenters. The minimum Gasteiger partial charge on any atom is -0.325 e. The highest BCUT2D eigenvalue weighted by Crippen LogP contribution is 2.31. The Kier molecular flexibility index (Phi) is 7.33. The van der Waals surface area contributed by atoms with Gasteiger partial charge in [-0.15, -0.1) is 0 Å². The molecule has 1 saturated heterocycles. The Labute approximate surface area is 204 Å². The maximum atomic E-state index is 13.2. The topological polar surface area (TPSA) is 61.8 Å². The molecule has 0 aromatic heterocycles. The third kappa shape index (κ3) is 6.13. The largest absolute Gasteiger partial charge is 0.325 e. The summed E-state index contributed by atoms with van der Waals surface area (Å²) in [6, 6.07) is 19.6. The smallest absolute Gasteiger partial charge is 0.238 e. The summed E-state index contributed by atoms with van der Waals surface area (Å²) in [7, 11) is 0. The van der Waals surface area contributed by atoms with E-state index in [4.69, 9.17) is 23.2 Å². The highest BCUT2D eigenvalue weighted by atomic mass is 35.5. The number of anilines is 1. The van der Waals surface area contributed by atoms with E-state index < -0.39 is 11.1 Å². The molecule has 0 bridgehead atoms. The molecule has 0 saturated carbocycles. The summed E-state index contributed by atoms with van der Waals surface area (Å²) in [5, 5.41) is 3.55. The highest BCUT2D eigenvalue weighted by molar-refractivity contribution is 8.15. The van der Waals surface area contributed by atoms with E-state index >= 15 is 0 Å². The van der Waals surface area contributed by atoms with Crippen LogP contribution in [0.3, 0.4) is 0 Å². The third-order valence-corrected chi connectivity index (χ3v) is 6.51. The summed E-state index contributed by atoms with van der Waals surface area (Å²) in [5.74, 6) is -0.988. The Morgan fingerprint density at radius 3 is 2.48 bits per heavy atom. The molecule has 1 N–H and O–H groups in total. The van der Waals surface area contributed by atoms with Gasteiger partial charge in [-0.05, 0) is 60.2 Å². The Morgan fingerprint density at radius 2 is 1.79 bits per heavy atom. The number of thioether (sulfide) groups is 1. The van der Waals surface area contributed by atoms with Gasteiger partial charge >= 0.3 is 0 Å². The Hall–Kier alpha value is -2.87. The molecule has 2 amide bonds. The van der Waals surface area contributed by atoms with E-state index in [1.165, 1.54) is 36.0 Å². The second-order valence-corrected chi connectivity index (χ2v) is 9.33. The predicted octanol–water partition coefficient (Wildman–Crippen LogP) is 6.29. The van der Waals surface area contributed by atoms with Crippen LogP contribution < -0.4 is 5.32 Å².